The van der Waals surface area contributed by atoms with Crippen LogP contribution in [0.3, 0.4) is 0 Å². The second-order valence-corrected chi connectivity index (χ2v) is 7.85. The lowest BCUT2D eigenvalue weighted by Crippen LogP contribution is -2.19. The van der Waals surface area contributed by atoms with Crippen LogP contribution < -0.4 is 11.1 Å². The standard InChI is InChI=1S/C18H19ClN2O2S/c1-9-3-6-12-14(7-9)24-18(15(12)16(20)22)21-17(23)11-5-4-10(2)13(19)8-11/h4-5,8-9H,3,6-7H2,1-2H3,(H2,20,22)(H,21,23). The van der Waals surface area contributed by atoms with Crippen molar-refractivity contribution in [2.75, 3.05) is 5.32 Å². The normalized spacial score (nSPS) is 16.5. The number of benzene rings is 1. The van der Waals surface area contributed by atoms with Crippen molar-refractivity contribution in [2.45, 2.75) is 33.1 Å². The summed E-state index contributed by atoms with van der Waals surface area (Å²) in [7, 11) is 0. The third-order valence-electron chi connectivity index (χ3n) is 4.42. The summed E-state index contributed by atoms with van der Waals surface area (Å²) in [6, 6.07) is 5.15. The van der Waals surface area contributed by atoms with Gasteiger partial charge in [0.1, 0.15) is 5.00 Å². The Balaban J connectivity index is 1.93. The molecular weight excluding hydrogens is 344 g/mol. The van der Waals surface area contributed by atoms with E-state index in [9.17, 15) is 9.59 Å². The molecule has 1 aliphatic carbocycles. The predicted molar refractivity (Wildman–Crippen MR) is 98.2 cm³/mol. The van der Waals surface area contributed by atoms with E-state index < -0.39 is 5.91 Å². The summed E-state index contributed by atoms with van der Waals surface area (Å²) < 4.78 is 0. The van der Waals surface area contributed by atoms with Crippen molar-refractivity contribution < 1.29 is 9.59 Å². The van der Waals surface area contributed by atoms with E-state index in [0.29, 0.717) is 27.1 Å². The van der Waals surface area contributed by atoms with Gasteiger partial charge in [-0.3, -0.25) is 9.59 Å². The van der Waals surface area contributed by atoms with Gasteiger partial charge >= 0.3 is 0 Å². The number of primary amides is 1. The van der Waals surface area contributed by atoms with Gasteiger partial charge in [-0.2, -0.15) is 0 Å². The first-order chi connectivity index (χ1) is 11.4. The number of halogens is 1. The first-order valence-corrected chi connectivity index (χ1v) is 9.08. The number of carbonyl (C=O) groups excluding carboxylic acids is 2. The molecule has 3 rings (SSSR count). The Bertz CT molecular complexity index is 829. The molecule has 0 bridgehead atoms. The molecule has 1 aromatic carbocycles. The van der Waals surface area contributed by atoms with Gasteiger partial charge in [0.25, 0.3) is 11.8 Å². The van der Waals surface area contributed by atoms with Crippen LogP contribution in [0.25, 0.3) is 0 Å². The van der Waals surface area contributed by atoms with Gasteiger partial charge < -0.3 is 11.1 Å². The zero-order valence-electron chi connectivity index (χ0n) is 13.6. The first kappa shape index (κ1) is 17.0. The molecule has 0 saturated heterocycles. The highest BCUT2D eigenvalue weighted by Crippen LogP contribution is 2.39. The lowest BCUT2D eigenvalue weighted by molar-refractivity contribution is 0.1000. The maximum atomic E-state index is 12.5. The average molecular weight is 363 g/mol. The number of thiophene rings is 1. The largest absolute Gasteiger partial charge is 0.365 e. The molecule has 6 heteroatoms. The lowest BCUT2D eigenvalue weighted by atomic mass is 9.88. The molecular formula is C18H19ClN2O2S. The Kier molecular flexibility index (Phi) is 4.65. The topological polar surface area (TPSA) is 72.2 Å². The Morgan fingerprint density at radius 3 is 2.79 bits per heavy atom. The quantitative estimate of drug-likeness (QED) is 0.859. The highest BCUT2D eigenvalue weighted by molar-refractivity contribution is 7.17. The van der Waals surface area contributed by atoms with Gasteiger partial charge in [-0.05, 0) is 55.4 Å². The Morgan fingerprint density at radius 2 is 2.12 bits per heavy atom. The van der Waals surface area contributed by atoms with Crippen LogP contribution in [0.1, 0.15) is 50.1 Å². The zero-order chi connectivity index (χ0) is 17.4. The van der Waals surface area contributed by atoms with Crippen LogP contribution >= 0.6 is 22.9 Å². The molecule has 1 aromatic heterocycles. The molecule has 1 unspecified atom stereocenters. The fraction of sp³-hybridized carbons (Fsp3) is 0.333. The predicted octanol–water partition coefficient (Wildman–Crippen LogP) is 4.19. The summed E-state index contributed by atoms with van der Waals surface area (Å²) in [5, 5.41) is 3.93. The van der Waals surface area contributed by atoms with Gasteiger partial charge in [0.05, 0.1) is 5.56 Å². The van der Waals surface area contributed by atoms with E-state index in [1.165, 1.54) is 11.3 Å². The van der Waals surface area contributed by atoms with E-state index in [2.05, 4.69) is 12.2 Å². The van der Waals surface area contributed by atoms with Crippen LogP contribution in [0.4, 0.5) is 5.00 Å². The minimum Gasteiger partial charge on any atom is -0.365 e. The van der Waals surface area contributed by atoms with Crippen molar-refractivity contribution in [2.24, 2.45) is 11.7 Å². The molecule has 3 N–H and O–H groups in total. The van der Waals surface area contributed by atoms with Crippen molar-refractivity contribution in [3.8, 4) is 0 Å². The smallest absolute Gasteiger partial charge is 0.256 e. The van der Waals surface area contributed by atoms with Crippen molar-refractivity contribution in [3.63, 3.8) is 0 Å². The van der Waals surface area contributed by atoms with Gasteiger partial charge in [0, 0.05) is 15.5 Å². The second kappa shape index (κ2) is 6.57. The van der Waals surface area contributed by atoms with Crippen molar-refractivity contribution in [1.29, 1.82) is 0 Å². The van der Waals surface area contributed by atoms with Gasteiger partial charge in [0.2, 0.25) is 0 Å². The van der Waals surface area contributed by atoms with E-state index in [0.717, 1.165) is 35.3 Å². The maximum absolute atomic E-state index is 12.5. The number of hydrogen-bond acceptors (Lipinski definition) is 3. The molecule has 24 heavy (non-hydrogen) atoms. The fourth-order valence-corrected chi connectivity index (χ4v) is 4.60. The third kappa shape index (κ3) is 3.19. The average Bonchev–Trinajstić information content (AvgIpc) is 2.86. The molecule has 0 saturated carbocycles. The molecule has 0 radical (unpaired) electrons. The summed E-state index contributed by atoms with van der Waals surface area (Å²) in [6.07, 6.45) is 2.79. The maximum Gasteiger partial charge on any atom is 0.256 e. The minimum absolute atomic E-state index is 0.286. The highest BCUT2D eigenvalue weighted by atomic mass is 35.5. The van der Waals surface area contributed by atoms with Crippen LogP contribution in [0, 0.1) is 12.8 Å². The summed E-state index contributed by atoms with van der Waals surface area (Å²) in [5.74, 6) is -0.193. The summed E-state index contributed by atoms with van der Waals surface area (Å²) in [4.78, 5) is 25.6. The van der Waals surface area contributed by atoms with Crippen LogP contribution in [0.15, 0.2) is 18.2 Å². The van der Waals surface area contributed by atoms with E-state index >= 15 is 0 Å². The molecule has 0 fully saturated rings. The second-order valence-electron chi connectivity index (χ2n) is 6.34. The molecule has 2 amide bonds. The lowest BCUT2D eigenvalue weighted by Gasteiger charge is -2.18. The monoisotopic (exact) mass is 362 g/mol. The molecule has 1 atom stereocenters. The van der Waals surface area contributed by atoms with Crippen molar-refractivity contribution in [3.05, 3.63) is 50.4 Å². The Labute approximate surface area is 150 Å². The molecule has 126 valence electrons. The number of aryl methyl sites for hydroxylation is 1. The van der Waals surface area contributed by atoms with Gasteiger partial charge in [-0.25, -0.2) is 0 Å². The van der Waals surface area contributed by atoms with Crippen LogP contribution in [0.2, 0.25) is 5.02 Å². The summed E-state index contributed by atoms with van der Waals surface area (Å²) >= 11 is 7.55. The van der Waals surface area contributed by atoms with E-state index in [4.69, 9.17) is 17.3 Å². The molecule has 2 aromatic rings. The number of nitrogens with one attached hydrogen (secondary N) is 1. The SMILES string of the molecule is Cc1ccc(C(=O)Nc2sc3c(c2C(N)=O)CCC(C)C3)cc1Cl. The minimum atomic E-state index is -0.487. The van der Waals surface area contributed by atoms with Crippen molar-refractivity contribution in [1.82, 2.24) is 0 Å². The summed E-state index contributed by atoms with van der Waals surface area (Å²) in [6.45, 7) is 4.07. The number of nitrogens with two attached hydrogens (primary N) is 1. The number of fused-ring (bicyclic) bond motifs is 1. The van der Waals surface area contributed by atoms with Crippen LogP contribution in [-0.4, -0.2) is 11.8 Å². The third-order valence-corrected chi connectivity index (χ3v) is 6.00. The number of amides is 2. The van der Waals surface area contributed by atoms with Gasteiger partial charge in [0.15, 0.2) is 0 Å². The molecule has 0 aliphatic heterocycles. The Hall–Kier alpha value is -1.85. The van der Waals surface area contributed by atoms with Crippen LogP contribution in [-0.2, 0) is 12.8 Å². The summed E-state index contributed by atoms with van der Waals surface area (Å²) in [5.41, 5.74) is 8.41. The highest BCUT2D eigenvalue weighted by Gasteiger charge is 2.27. The van der Waals surface area contributed by atoms with Crippen molar-refractivity contribution >= 4 is 39.8 Å². The van der Waals surface area contributed by atoms with E-state index in [1.807, 2.05) is 6.92 Å². The zero-order valence-corrected chi connectivity index (χ0v) is 15.2. The van der Waals surface area contributed by atoms with E-state index in [-0.39, 0.29) is 5.91 Å². The molecule has 1 aliphatic rings. The number of anilines is 1. The van der Waals surface area contributed by atoms with Gasteiger partial charge in [-0.15, -0.1) is 11.3 Å². The van der Waals surface area contributed by atoms with Crippen LogP contribution in [0.5, 0.6) is 0 Å². The number of hydrogen-bond donors (Lipinski definition) is 2. The van der Waals surface area contributed by atoms with Gasteiger partial charge in [-0.1, -0.05) is 24.6 Å². The number of carbonyl (C=O) groups is 2. The fourth-order valence-electron chi connectivity index (χ4n) is 3.01. The Morgan fingerprint density at radius 1 is 1.38 bits per heavy atom. The molecule has 4 nitrogen and oxygen atoms in total. The molecule has 1 heterocycles. The van der Waals surface area contributed by atoms with E-state index in [1.54, 1.807) is 18.2 Å². The molecule has 0 spiro atoms. The number of rotatable bonds is 3. The first-order valence-electron chi connectivity index (χ1n) is 7.88.